The van der Waals surface area contributed by atoms with Gasteiger partial charge in [0.1, 0.15) is 6.54 Å². The first kappa shape index (κ1) is 23.1. The van der Waals surface area contributed by atoms with Crippen LogP contribution in [0.1, 0.15) is 25.3 Å². The molecule has 1 aliphatic rings. The van der Waals surface area contributed by atoms with E-state index in [-0.39, 0.29) is 42.0 Å². The fourth-order valence-electron chi connectivity index (χ4n) is 3.15. The molecule has 1 fully saturated rings. The van der Waals surface area contributed by atoms with Gasteiger partial charge in [0.2, 0.25) is 5.91 Å². The molecule has 1 unspecified atom stereocenters. The second-order valence-electron chi connectivity index (χ2n) is 7.13. The topological polar surface area (TPSA) is 92.6 Å². The number of carbonyl (C=O) groups is 1. The molecule has 9 heteroatoms. The first-order valence-electron chi connectivity index (χ1n) is 9.51. The Kier molecular flexibility index (Phi) is 8.90. The molecule has 2 heterocycles. The molecule has 1 amide bonds. The van der Waals surface area contributed by atoms with Crippen LogP contribution < -0.4 is 16.0 Å². The number of rotatable bonds is 7. The van der Waals surface area contributed by atoms with E-state index in [9.17, 15) is 4.79 Å². The molecule has 3 rings (SSSR count). The number of halogens is 1. The van der Waals surface area contributed by atoms with Crippen LogP contribution in [0.25, 0.3) is 0 Å². The molecule has 0 spiro atoms. The predicted octanol–water partition coefficient (Wildman–Crippen LogP) is 2.37. The van der Waals surface area contributed by atoms with E-state index in [1.807, 2.05) is 24.3 Å². The number of nitrogens with one attached hydrogen (secondary N) is 3. The van der Waals surface area contributed by atoms with Crippen LogP contribution in [0.15, 0.2) is 47.7 Å². The Labute approximate surface area is 188 Å². The molecule has 1 atom stereocenters. The van der Waals surface area contributed by atoms with Crippen molar-refractivity contribution in [3.05, 3.63) is 48.3 Å². The minimum atomic E-state index is -0.129. The lowest BCUT2D eigenvalue weighted by molar-refractivity contribution is -0.116. The van der Waals surface area contributed by atoms with Crippen molar-refractivity contribution in [3.63, 3.8) is 0 Å². The van der Waals surface area contributed by atoms with Crippen LogP contribution in [0, 0.1) is 0 Å². The Balaban J connectivity index is 0.00000300. The van der Waals surface area contributed by atoms with Crippen molar-refractivity contribution in [3.8, 4) is 0 Å². The lowest BCUT2D eigenvalue weighted by Gasteiger charge is -2.24. The highest BCUT2D eigenvalue weighted by atomic mass is 127. The molecular weight excluding hydrogens is 483 g/mol. The number of amides is 1. The SMILES string of the molecule is CN=C(NCc1cccc(NC(=O)Cn2cccn2)c1)NCC1(C)CCCO1.I. The lowest BCUT2D eigenvalue weighted by Crippen LogP contribution is -2.45. The molecule has 0 aliphatic carbocycles. The minimum Gasteiger partial charge on any atom is -0.373 e. The molecule has 1 saturated heterocycles. The van der Waals surface area contributed by atoms with Crippen LogP contribution in [-0.2, 0) is 22.6 Å². The highest BCUT2D eigenvalue weighted by Gasteiger charge is 2.29. The smallest absolute Gasteiger partial charge is 0.246 e. The van der Waals surface area contributed by atoms with Crippen molar-refractivity contribution in [2.45, 2.75) is 38.5 Å². The third kappa shape index (κ3) is 7.32. The zero-order valence-corrected chi connectivity index (χ0v) is 19.2. The third-order valence-corrected chi connectivity index (χ3v) is 4.69. The fourth-order valence-corrected chi connectivity index (χ4v) is 3.15. The molecule has 1 aromatic heterocycles. The van der Waals surface area contributed by atoms with Crippen molar-refractivity contribution in [1.82, 2.24) is 20.4 Å². The molecular formula is C20H29IN6O2. The summed E-state index contributed by atoms with van der Waals surface area (Å²) in [6, 6.07) is 9.53. The predicted molar refractivity (Wildman–Crippen MR) is 125 cm³/mol. The summed E-state index contributed by atoms with van der Waals surface area (Å²) in [5.41, 5.74) is 1.67. The highest BCUT2D eigenvalue weighted by Crippen LogP contribution is 2.23. The number of nitrogens with zero attached hydrogens (tertiary/aromatic N) is 3. The Morgan fingerprint density at radius 1 is 1.34 bits per heavy atom. The van der Waals surface area contributed by atoms with Crippen LogP contribution in [-0.4, -0.2) is 47.4 Å². The molecule has 0 bridgehead atoms. The van der Waals surface area contributed by atoms with E-state index in [2.05, 4.69) is 33.0 Å². The normalized spacial score (nSPS) is 18.8. The van der Waals surface area contributed by atoms with Gasteiger partial charge in [0, 0.05) is 44.8 Å². The summed E-state index contributed by atoms with van der Waals surface area (Å²) >= 11 is 0. The standard InChI is InChI=1S/C20H28N6O2.HI/c1-20(8-4-11-28-20)15-23-19(21-2)22-13-16-6-3-7-17(12-16)25-18(27)14-26-10-5-9-24-26;/h3,5-7,9-10,12H,4,8,11,13-15H2,1-2H3,(H,25,27)(H2,21,22,23);1H. The maximum absolute atomic E-state index is 12.1. The van der Waals surface area contributed by atoms with E-state index in [0.717, 1.165) is 43.2 Å². The van der Waals surface area contributed by atoms with E-state index in [1.54, 1.807) is 30.2 Å². The molecule has 0 radical (unpaired) electrons. The number of guanidine groups is 1. The third-order valence-electron chi connectivity index (χ3n) is 4.69. The number of anilines is 1. The summed E-state index contributed by atoms with van der Waals surface area (Å²) in [6.45, 7) is 4.45. The summed E-state index contributed by atoms with van der Waals surface area (Å²) in [5, 5.41) is 13.6. The molecule has 2 aromatic rings. The molecule has 1 aromatic carbocycles. The van der Waals surface area contributed by atoms with Crippen molar-refractivity contribution < 1.29 is 9.53 Å². The van der Waals surface area contributed by atoms with E-state index < -0.39 is 0 Å². The van der Waals surface area contributed by atoms with Gasteiger partial charge in [-0.2, -0.15) is 5.10 Å². The summed E-state index contributed by atoms with van der Waals surface area (Å²) in [5.74, 6) is 0.612. The maximum atomic E-state index is 12.1. The first-order valence-corrected chi connectivity index (χ1v) is 9.51. The van der Waals surface area contributed by atoms with Gasteiger partial charge >= 0.3 is 0 Å². The number of carbonyl (C=O) groups excluding carboxylic acids is 1. The number of ether oxygens (including phenoxy) is 1. The summed E-state index contributed by atoms with van der Waals surface area (Å²) in [6.07, 6.45) is 5.57. The van der Waals surface area contributed by atoms with Crippen LogP contribution in [0.3, 0.4) is 0 Å². The van der Waals surface area contributed by atoms with Crippen LogP contribution in [0.4, 0.5) is 5.69 Å². The van der Waals surface area contributed by atoms with Gasteiger partial charge in [-0.3, -0.25) is 14.5 Å². The molecule has 158 valence electrons. The van der Waals surface area contributed by atoms with Crippen molar-refractivity contribution >= 4 is 41.5 Å². The number of hydrogen-bond acceptors (Lipinski definition) is 4. The van der Waals surface area contributed by atoms with E-state index in [0.29, 0.717) is 6.54 Å². The zero-order valence-electron chi connectivity index (χ0n) is 16.9. The molecule has 3 N–H and O–H groups in total. The van der Waals surface area contributed by atoms with Gasteiger partial charge in [0.15, 0.2) is 5.96 Å². The average Bonchev–Trinajstić information content (AvgIpc) is 3.34. The first-order chi connectivity index (χ1) is 13.6. The van der Waals surface area contributed by atoms with Crippen molar-refractivity contribution in [2.75, 3.05) is 25.5 Å². The highest BCUT2D eigenvalue weighted by molar-refractivity contribution is 14.0. The van der Waals surface area contributed by atoms with E-state index in [1.165, 1.54) is 0 Å². The number of benzene rings is 1. The van der Waals surface area contributed by atoms with E-state index >= 15 is 0 Å². The van der Waals surface area contributed by atoms with Gasteiger partial charge in [-0.1, -0.05) is 12.1 Å². The van der Waals surface area contributed by atoms with Gasteiger partial charge in [0.05, 0.1) is 5.60 Å². The Bertz CT molecular complexity index is 803. The van der Waals surface area contributed by atoms with Crippen molar-refractivity contribution in [2.24, 2.45) is 4.99 Å². The van der Waals surface area contributed by atoms with Crippen LogP contribution in [0.2, 0.25) is 0 Å². The summed E-state index contributed by atoms with van der Waals surface area (Å²) in [4.78, 5) is 16.4. The fraction of sp³-hybridized carbons (Fsp3) is 0.450. The van der Waals surface area contributed by atoms with Crippen LogP contribution >= 0.6 is 24.0 Å². The second kappa shape index (κ2) is 11.1. The van der Waals surface area contributed by atoms with Crippen LogP contribution in [0.5, 0.6) is 0 Å². The van der Waals surface area contributed by atoms with E-state index in [4.69, 9.17) is 4.74 Å². The quantitative estimate of drug-likeness (QED) is 0.301. The summed E-state index contributed by atoms with van der Waals surface area (Å²) in [7, 11) is 1.75. The number of hydrogen-bond donors (Lipinski definition) is 3. The molecule has 0 saturated carbocycles. The zero-order chi connectivity index (χ0) is 19.8. The molecule has 8 nitrogen and oxygen atoms in total. The second-order valence-corrected chi connectivity index (χ2v) is 7.13. The Hall–Kier alpha value is -2.14. The molecule has 1 aliphatic heterocycles. The monoisotopic (exact) mass is 512 g/mol. The van der Waals surface area contributed by atoms with Gasteiger partial charge in [-0.15, -0.1) is 24.0 Å². The number of aliphatic imine (C=N–C) groups is 1. The summed E-state index contributed by atoms with van der Waals surface area (Å²) < 4.78 is 7.38. The number of aromatic nitrogens is 2. The van der Waals surface area contributed by atoms with Crippen molar-refractivity contribution in [1.29, 1.82) is 0 Å². The minimum absolute atomic E-state index is 0. The largest absolute Gasteiger partial charge is 0.373 e. The van der Waals surface area contributed by atoms with Gasteiger partial charge in [-0.25, -0.2) is 0 Å². The van der Waals surface area contributed by atoms with Gasteiger partial charge in [0.25, 0.3) is 0 Å². The lowest BCUT2D eigenvalue weighted by atomic mass is 10.0. The Morgan fingerprint density at radius 3 is 2.90 bits per heavy atom. The van der Waals surface area contributed by atoms with Gasteiger partial charge in [-0.05, 0) is 43.5 Å². The average molecular weight is 512 g/mol. The maximum Gasteiger partial charge on any atom is 0.246 e. The Morgan fingerprint density at radius 2 is 2.21 bits per heavy atom. The molecule has 29 heavy (non-hydrogen) atoms. The van der Waals surface area contributed by atoms with Gasteiger partial charge < -0.3 is 20.7 Å².